The molecule has 102 valence electrons. The van der Waals surface area contributed by atoms with E-state index in [4.69, 9.17) is 0 Å². The topological polar surface area (TPSA) is 58.2 Å². The lowest BCUT2D eigenvalue weighted by molar-refractivity contribution is -0.124. The van der Waals surface area contributed by atoms with Gasteiger partial charge in [-0.1, -0.05) is 29.8 Å². The Bertz CT molecular complexity index is 471. The van der Waals surface area contributed by atoms with Crippen LogP contribution in [0, 0.1) is 6.92 Å². The minimum atomic E-state index is -0.00115. The Morgan fingerprint density at radius 3 is 3.05 bits per heavy atom. The van der Waals surface area contributed by atoms with E-state index in [1.54, 1.807) is 0 Å². The van der Waals surface area contributed by atoms with Crippen LogP contribution in [0.25, 0.3) is 0 Å². The average Bonchev–Trinajstić information content (AvgIpc) is 2.36. The normalized spacial score (nSPS) is 18.8. The fourth-order valence-corrected chi connectivity index (χ4v) is 2.33. The molecule has 0 spiro atoms. The summed E-state index contributed by atoms with van der Waals surface area (Å²) >= 11 is 0. The number of hydrogen-bond donors (Lipinski definition) is 2. The van der Waals surface area contributed by atoms with Crippen LogP contribution in [-0.2, 0) is 16.0 Å². The average molecular weight is 260 g/mol. The van der Waals surface area contributed by atoms with Crippen molar-refractivity contribution in [3.63, 3.8) is 0 Å². The summed E-state index contributed by atoms with van der Waals surface area (Å²) in [6.45, 7) is 2.70. The summed E-state index contributed by atoms with van der Waals surface area (Å²) in [4.78, 5) is 23.0. The maximum absolute atomic E-state index is 11.8. The van der Waals surface area contributed by atoms with E-state index in [1.807, 2.05) is 25.1 Å². The molecule has 1 saturated heterocycles. The Balaban J connectivity index is 1.77. The molecule has 1 unspecified atom stereocenters. The first-order chi connectivity index (χ1) is 9.13. The lowest BCUT2D eigenvalue weighted by Gasteiger charge is -2.23. The summed E-state index contributed by atoms with van der Waals surface area (Å²) < 4.78 is 0. The predicted octanol–water partition coefficient (Wildman–Crippen LogP) is 1.32. The molecule has 1 heterocycles. The van der Waals surface area contributed by atoms with Gasteiger partial charge in [0, 0.05) is 25.4 Å². The van der Waals surface area contributed by atoms with Gasteiger partial charge in [0.2, 0.25) is 11.8 Å². The van der Waals surface area contributed by atoms with Crippen LogP contribution < -0.4 is 10.6 Å². The van der Waals surface area contributed by atoms with Gasteiger partial charge in [0.1, 0.15) is 0 Å². The molecule has 1 aromatic carbocycles. The van der Waals surface area contributed by atoms with E-state index in [0.29, 0.717) is 19.4 Å². The number of hydrogen-bond acceptors (Lipinski definition) is 2. The van der Waals surface area contributed by atoms with Gasteiger partial charge in [0.15, 0.2) is 0 Å². The molecule has 1 atom stereocenters. The Morgan fingerprint density at radius 2 is 2.32 bits per heavy atom. The molecule has 0 bridgehead atoms. The summed E-state index contributed by atoms with van der Waals surface area (Å²) in [5.74, 6) is 0.0523. The zero-order valence-corrected chi connectivity index (χ0v) is 11.2. The van der Waals surface area contributed by atoms with E-state index in [9.17, 15) is 9.59 Å². The van der Waals surface area contributed by atoms with E-state index >= 15 is 0 Å². The van der Waals surface area contributed by atoms with Crippen LogP contribution in [-0.4, -0.2) is 24.4 Å². The second-order valence-corrected chi connectivity index (χ2v) is 5.10. The van der Waals surface area contributed by atoms with Crippen molar-refractivity contribution >= 4 is 11.8 Å². The minimum Gasteiger partial charge on any atom is -0.356 e. The summed E-state index contributed by atoms with van der Waals surface area (Å²) in [6.07, 6.45) is 2.44. The van der Waals surface area contributed by atoms with E-state index in [1.165, 1.54) is 11.1 Å². The Kier molecular flexibility index (Phi) is 4.55. The molecule has 2 rings (SSSR count). The van der Waals surface area contributed by atoms with Crippen LogP contribution in [0.4, 0.5) is 0 Å². The van der Waals surface area contributed by atoms with Crippen LogP contribution in [0.15, 0.2) is 24.3 Å². The lowest BCUT2D eigenvalue weighted by atomic mass is 10.0. The Labute approximate surface area is 113 Å². The van der Waals surface area contributed by atoms with Crippen molar-refractivity contribution in [2.75, 3.05) is 6.54 Å². The smallest absolute Gasteiger partial charge is 0.222 e. The summed E-state index contributed by atoms with van der Waals surface area (Å²) in [7, 11) is 0. The molecule has 1 aliphatic heterocycles. The molecule has 2 amide bonds. The number of piperidine rings is 1. The van der Waals surface area contributed by atoms with Gasteiger partial charge in [-0.2, -0.15) is 0 Å². The zero-order valence-electron chi connectivity index (χ0n) is 11.2. The van der Waals surface area contributed by atoms with E-state index < -0.39 is 0 Å². The van der Waals surface area contributed by atoms with Gasteiger partial charge in [0.05, 0.1) is 0 Å². The van der Waals surface area contributed by atoms with Gasteiger partial charge in [0.25, 0.3) is 0 Å². The summed E-state index contributed by atoms with van der Waals surface area (Å²) in [5.41, 5.74) is 2.39. The van der Waals surface area contributed by atoms with E-state index in [2.05, 4.69) is 16.7 Å². The van der Waals surface area contributed by atoms with Gasteiger partial charge < -0.3 is 10.6 Å². The largest absolute Gasteiger partial charge is 0.356 e. The Morgan fingerprint density at radius 1 is 1.47 bits per heavy atom. The fourth-order valence-electron chi connectivity index (χ4n) is 2.33. The quantitative estimate of drug-likeness (QED) is 0.858. The van der Waals surface area contributed by atoms with E-state index in [-0.39, 0.29) is 17.9 Å². The second kappa shape index (κ2) is 6.36. The van der Waals surface area contributed by atoms with Crippen molar-refractivity contribution in [2.45, 2.75) is 38.6 Å². The van der Waals surface area contributed by atoms with Crippen LogP contribution in [0.5, 0.6) is 0 Å². The minimum absolute atomic E-state index is 0.00115. The molecule has 4 heteroatoms. The monoisotopic (exact) mass is 260 g/mol. The molecule has 1 fully saturated rings. The van der Waals surface area contributed by atoms with Gasteiger partial charge in [-0.3, -0.25) is 9.59 Å². The molecular weight excluding hydrogens is 240 g/mol. The number of nitrogens with one attached hydrogen (secondary N) is 2. The number of benzene rings is 1. The highest BCUT2D eigenvalue weighted by atomic mass is 16.2. The zero-order chi connectivity index (χ0) is 13.7. The molecule has 0 aliphatic carbocycles. The van der Waals surface area contributed by atoms with Gasteiger partial charge in [-0.25, -0.2) is 0 Å². The Hall–Kier alpha value is -1.84. The highest BCUT2D eigenvalue weighted by molar-refractivity contribution is 5.80. The molecule has 2 N–H and O–H groups in total. The third kappa shape index (κ3) is 4.39. The first-order valence-corrected chi connectivity index (χ1v) is 6.75. The lowest BCUT2D eigenvalue weighted by Crippen LogP contribution is -2.45. The van der Waals surface area contributed by atoms with Gasteiger partial charge in [-0.05, 0) is 25.3 Å². The van der Waals surface area contributed by atoms with Crippen molar-refractivity contribution in [3.8, 4) is 0 Å². The molecule has 0 radical (unpaired) electrons. The SMILES string of the molecule is Cc1cccc(CCC(=O)NC2CCNC(=O)C2)c1. The first kappa shape index (κ1) is 13.6. The maximum atomic E-state index is 11.8. The number of carbonyl (C=O) groups is 2. The number of carbonyl (C=O) groups excluding carboxylic acids is 2. The van der Waals surface area contributed by atoms with Crippen LogP contribution in [0.2, 0.25) is 0 Å². The van der Waals surface area contributed by atoms with Crippen LogP contribution in [0.1, 0.15) is 30.4 Å². The predicted molar refractivity (Wildman–Crippen MR) is 73.7 cm³/mol. The summed E-state index contributed by atoms with van der Waals surface area (Å²) in [6, 6.07) is 8.19. The van der Waals surface area contributed by atoms with Gasteiger partial charge in [-0.15, -0.1) is 0 Å². The van der Waals surface area contributed by atoms with Crippen molar-refractivity contribution in [1.82, 2.24) is 10.6 Å². The first-order valence-electron chi connectivity index (χ1n) is 6.75. The highest BCUT2D eigenvalue weighted by Crippen LogP contribution is 2.08. The standard InChI is InChI=1S/C15H20N2O2/c1-11-3-2-4-12(9-11)5-6-14(18)17-13-7-8-16-15(19)10-13/h2-4,9,13H,5-8,10H2,1H3,(H,16,19)(H,17,18). The van der Waals surface area contributed by atoms with Crippen LogP contribution in [0.3, 0.4) is 0 Å². The maximum Gasteiger partial charge on any atom is 0.222 e. The molecule has 0 saturated carbocycles. The van der Waals surface area contributed by atoms with Crippen molar-refractivity contribution < 1.29 is 9.59 Å². The molecule has 0 aromatic heterocycles. The third-order valence-electron chi connectivity index (χ3n) is 3.34. The molecule has 4 nitrogen and oxygen atoms in total. The van der Waals surface area contributed by atoms with E-state index in [0.717, 1.165) is 12.8 Å². The highest BCUT2D eigenvalue weighted by Gasteiger charge is 2.20. The molecule has 1 aliphatic rings. The second-order valence-electron chi connectivity index (χ2n) is 5.10. The van der Waals surface area contributed by atoms with Crippen molar-refractivity contribution in [3.05, 3.63) is 35.4 Å². The summed E-state index contributed by atoms with van der Waals surface area (Å²) in [5, 5.41) is 5.69. The number of rotatable bonds is 4. The van der Waals surface area contributed by atoms with Crippen molar-refractivity contribution in [2.24, 2.45) is 0 Å². The van der Waals surface area contributed by atoms with Gasteiger partial charge >= 0.3 is 0 Å². The number of aryl methyl sites for hydroxylation is 2. The third-order valence-corrected chi connectivity index (χ3v) is 3.34. The fraction of sp³-hybridized carbons (Fsp3) is 0.467. The molecular formula is C15H20N2O2. The molecule has 19 heavy (non-hydrogen) atoms. The van der Waals surface area contributed by atoms with Crippen molar-refractivity contribution in [1.29, 1.82) is 0 Å². The molecule has 1 aromatic rings. The number of amides is 2. The van der Waals surface area contributed by atoms with Crippen LogP contribution >= 0.6 is 0 Å².